The average molecular weight is 253 g/mol. The summed E-state index contributed by atoms with van der Waals surface area (Å²) in [6.45, 7) is 3.31. The van der Waals surface area contributed by atoms with Gasteiger partial charge in [0, 0.05) is 17.8 Å². The first-order chi connectivity index (χ1) is 9.42. The second-order valence-corrected chi connectivity index (χ2v) is 4.90. The molecular weight excluding hydrogens is 230 g/mol. The van der Waals surface area contributed by atoms with Crippen molar-refractivity contribution in [3.8, 4) is 11.1 Å². The second kappa shape index (κ2) is 7.63. The third-order valence-electron chi connectivity index (χ3n) is 3.36. The lowest BCUT2D eigenvalue weighted by Gasteiger charge is -2.12. The number of nitrogens with one attached hydrogen (secondary N) is 1. The van der Waals surface area contributed by atoms with Gasteiger partial charge in [-0.3, -0.25) is 0 Å². The van der Waals surface area contributed by atoms with Crippen LogP contribution in [0.1, 0.15) is 32.6 Å². The fraction of sp³-hybridized carbons (Fsp3) is 0.333. The van der Waals surface area contributed by atoms with E-state index >= 15 is 0 Å². The van der Waals surface area contributed by atoms with Crippen LogP contribution in [0.3, 0.4) is 0 Å². The Kier molecular flexibility index (Phi) is 5.49. The largest absolute Gasteiger partial charge is 0.385 e. The number of benzene rings is 2. The molecule has 0 aliphatic carbocycles. The lowest BCUT2D eigenvalue weighted by Crippen LogP contribution is -2.02. The van der Waals surface area contributed by atoms with Gasteiger partial charge < -0.3 is 5.32 Å². The molecule has 0 radical (unpaired) electrons. The molecule has 0 amide bonds. The number of hydrogen-bond donors (Lipinski definition) is 1. The summed E-state index contributed by atoms with van der Waals surface area (Å²) in [6, 6.07) is 19.1. The van der Waals surface area contributed by atoms with Gasteiger partial charge >= 0.3 is 0 Å². The Morgan fingerprint density at radius 3 is 2.32 bits per heavy atom. The Labute approximate surface area is 116 Å². The van der Waals surface area contributed by atoms with Crippen LogP contribution in [0, 0.1) is 0 Å². The quantitative estimate of drug-likeness (QED) is 0.656. The Bertz CT molecular complexity index is 476. The standard InChI is InChI=1S/C18H23N/c1-2-3-4-10-15-19-18-14-9-8-13-17(18)16-11-6-5-7-12-16/h5-9,11-14,19H,2-4,10,15H2,1H3. The Morgan fingerprint density at radius 2 is 1.53 bits per heavy atom. The van der Waals surface area contributed by atoms with Gasteiger partial charge in [-0.05, 0) is 18.1 Å². The van der Waals surface area contributed by atoms with Crippen molar-refractivity contribution in [1.29, 1.82) is 0 Å². The van der Waals surface area contributed by atoms with E-state index in [1.54, 1.807) is 0 Å². The maximum atomic E-state index is 3.57. The van der Waals surface area contributed by atoms with Crippen LogP contribution in [0.5, 0.6) is 0 Å². The summed E-state index contributed by atoms with van der Waals surface area (Å²) in [5.41, 5.74) is 3.81. The van der Waals surface area contributed by atoms with Gasteiger partial charge in [0.15, 0.2) is 0 Å². The highest BCUT2D eigenvalue weighted by Gasteiger charge is 2.02. The second-order valence-electron chi connectivity index (χ2n) is 4.90. The van der Waals surface area contributed by atoms with Crippen LogP contribution in [-0.2, 0) is 0 Å². The minimum Gasteiger partial charge on any atom is -0.385 e. The summed E-state index contributed by atoms with van der Waals surface area (Å²) < 4.78 is 0. The van der Waals surface area contributed by atoms with Gasteiger partial charge in [0.2, 0.25) is 0 Å². The van der Waals surface area contributed by atoms with E-state index < -0.39 is 0 Å². The smallest absolute Gasteiger partial charge is 0.0419 e. The first-order valence-electron chi connectivity index (χ1n) is 7.30. The van der Waals surface area contributed by atoms with Crippen LogP contribution in [0.25, 0.3) is 11.1 Å². The minimum atomic E-state index is 1.06. The van der Waals surface area contributed by atoms with Crippen molar-refractivity contribution < 1.29 is 0 Å². The summed E-state index contributed by atoms with van der Waals surface area (Å²) in [7, 11) is 0. The normalized spacial score (nSPS) is 10.4. The molecule has 0 aliphatic heterocycles. The lowest BCUT2D eigenvalue weighted by atomic mass is 10.0. The van der Waals surface area contributed by atoms with Crippen molar-refractivity contribution in [2.24, 2.45) is 0 Å². The molecule has 19 heavy (non-hydrogen) atoms. The van der Waals surface area contributed by atoms with E-state index in [4.69, 9.17) is 0 Å². The summed E-state index contributed by atoms with van der Waals surface area (Å²) in [5.74, 6) is 0. The molecule has 0 saturated carbocycles. The average Bonchev–Trinajstić information content (AvgIpc) is 2.48. The molecule has 1 N–H and O–H groups in total. The molecule has 2 aromatic rings. The van der Waals surface area contributed by atoms with Crippen LogP contribution >= 0.6 is 0 Å². The number of para-hydroxylation sites is 1. The molecule has 100 valence electrons. The highest BCUT2D eigenvalue weighted by Crippen LogP contribution is 2.27. The van der Waals surface area contributed by atoms with Crippen LogP contribution in [0.4, 0.5) is 5.69 Å². The van der Waals surface area contributed by atoms with Crippen LogP contribution in [0.15, 0.2) is 54.6 Å². The Hall–Kier alpha value is -1.76. The molecule has 1 nitrogen and oxygen atoms in total. The van der Waals surface area contributed by atoms with Crippen molar-refractivity contribution in [2.75, 3.05) is 11.9 Å². The van der Waals surface area contributed by atoms with Gasteiger partial charge in [-0.15, -0.1) is 0 Å². The first kappa shape index (κ1) is 13.7. The first-order valence-corrected chi connectivity index (χ1v) is 7.30. The zero-order valence-corrected chi connectivity index (χ0v) is 11.7. The highest BCUT2D eigenvalue weighted by atomic mass is 14.9. The number of unbranched alkanes of at least 4 members (excludes halogenated alkanes) is 3. The molecule has 0 spiro atoms. The van der Waals surface area contributed by atoms with Crippen molar-refractivity contribution in [2.45, 2.75) is 32.6 Å². The molecule has 0 fully saturated rings. The van der Waals surface area contributed by atoms with Gasteiger partial charge in [-0.2, -0.15) is 0 Å². The number of anilines is 1. The van der Waals surface area contributed by atoms with Crippen molar-refractivity contribution in [1.82, 2.24) is 0 Å². The minimum absolute atomic E-state index is 1.06. The number of rotatable bonds is 7. The van der Waals surface area contributed by atoms with E-state index in [0.29, 0.717) is 0 Å². The molecule has 2 rings (SSSR count). The van der Waals surface area contributed by atoms with Crippen LogP contribution < -0.4 is 5.32 Å². The Morgan fingerprint density at radius 1 is 0.789 bits per heavy atom. The topological polar surface area (TPSA) is 12.0 Å². The van der Waals surface area contributed by atoms with Crippen molar-refractivity contribution in [3.63, 3.8) is 0 Å². The SMILES string of the molecule is CCCCCCNc1ccccc1-c1ccccc1. The molecule has 0 unspecified atom stereocenters. The summed E-state index contributed by atoms with van der Waals surface area (Å²) in [6.07, 6.45) is 5.19. The van der Waals surface area contributed by atoms with Gasteiger partial charge in [-0.25, -0.2) is 0 Å². The third kappa shape index (κ3) is 4.13. The number of hydrogen-bond acceptors (Lipinski definition) is 1. The van der Waals surface area contributed by atoms with Gasteiger partial charge in [0.25, 0.3) is 0 Å². The van der Waals surface area contributed by atoms with E-state index in [-0.39, 0.29) is 0 Å². The van der Waals surface area contributed by atoms with Gasteiger partial charge in [0.05, 0.1) is 0 Å². The van der Waals surface area contributed by atoms with E-state index in [1.165, 1.54) is 42.5 Å². The molecule has 0 atom stereocenters. The van der Waals surface area contributed by atoms with E-state index in [1.807, 2.05) is 0 Å². The maximum absolute atomic E-state index is 3.57. The summed E-state index contributed by atoms with van der Waals surface area (Å²) in [4.78, 5) is 0. The zero-order chi connectivity index (χ0) is 13.3. The van der Waals surface area contributed by atoms with Crippen LogP contribution in [0.2, 0.25) is 0 Å². The molecule has 1 heteroatoms. The lowest BCUT2D eigenvalue weighted by molar-refractivity contribution is 0.685. The third-order valence-corrected chi connectivity index (χ3v) is 3.36. The predicted octanol–water partition coefficient (Wildman–Crippen LogP) is 5.35. The monoisotopic (exact) mass is 253 g/mol. The molecule has 0 aliphatic rings. The van der Waals surface area contributed by atoms with Crippen molar-refractivity contribution >= 4 is 5.69 Å². The van der Waals surface area contributed by atoms with Crippen LogP contribution in [-0.4, -0.2) is 6.54 Å². The van der Waals surface area contributed by atoms with E-state index in [0.717, 1.165) is 6.54 Å². The fourth-order valence-corrected chi connectivity index (χ4v) is 2.28. The summed E-state index contributed by atoms with van der Waals surface area (Å²) >= 11 is 0. The fourth-order valence-electron chi connectivity index (χ4n) is 2.28. The highest BCUT2D eigenvalue weighted by molar-refractivity contribution is 5.77. The predicted molar refractivity (Wildman–Crippen MR) is 84.5 cm³/mol. The molecule has 0 heterocycles. The molecule has 0 bridgehead atoms. The molecular formula is C18H23N. The van der Waals surface area contributed by atoms with E-state index in [2.05, 4.69) is 66.8 Å². The molecule has 0 saturated heterocycles. The van der Waals surface area contributed by atoms with Gasteiger partial charge in [0.1, 0.15) is 0 Å². The van der Waals surface area contributed by atoms with E-state index in [9.17, 15) is 0 Å². The Balaban J connectivity index is 2.01. The summed E-state index contributed by atoms with van der Waals surface area (Å²) in [5, 5.41) is 3.57. The zero-order valence-electron chi connectivity index (χ0n) is 11.7. The maximum Gasteiger partial charge on any atom is 0.0419 e. The molecule has 0 aromatic heterocycles. The van der Waals surface area contributed by atoms with Crippen molar-refractivity contribution in [3.05, 3.63) is 54.6 Å². The molecule has 2 aromatic carbocycles. The van der Waals surface area contributed by atoms with Gasteiger partial charge in [-0.1, -0.05) is 74.7 Å².